The van der Waals surface area contributed by atoms with Crippen molar-refractivity contribution in [2.75, 3.05) is 25.6 Å². The lowest BCUT2D eigenvalue weighted by Crippen LogP contribution is -2.33. The van der Waals surface area contributed by atoms with Crippen molar-refractivity contribution in [3.8, 4) is 5.75 Å². The molecule has 2 N–H and O–H groups in total. The number of hydrogen-bond donors (Lipinski definition) is 2. The molecule has 0 aliphatic carbocycles. The Morgan fingerprint density at radius 1 is 0.674 bits per heavy atom. The van der Waals surface area contributed by atoms with Crippen molar-refractivity contribution < 1.29 is 23.9 Å². The number of para-hydroxylation sites is 1. The minimum atomic E-state index is -0.720. The highest BCUT2D eigenvalue weighted by Gasteiger charge is 2.23. The normalized spacial score (nSPS) is 12.0. The minimum Gasteiger partial charge on any atom is -0.492 e. The Bertz CT molecular complexity index is 1730. The van der Waals surface area contributed by atoms with Gasteiger partial charge in [-0.2, -0.15) is 0 Å². The van der Waals surface area contributed by atoms with E-state index in [2.05, 4.69) is 10.6 Å². The number of anilines is 1. The summed E-state index contributed by atoms with van der Waals surface area (Å²) in [4.78, 5) is 39.3. The molecular weight excluding hydrogens is 576 g/mol. The van der Waals surface area contributed by atoms with Gasteiger partial charge in [-0.25, -0.2) is 4.79 Å². The van der Waals surface area contributed by atoms with Gasteiger partial charge in [0.1, 0.15) is 18.4 Å². The van der Waals surface area contributed by atoms with E-state index in [1.807, 2.05) is 109 Å². The van der Waals surface area contributed by atoms with E-state index in [4.69, 9.17) is 9.47 Å². The van der Waals surface area contributed by atoms with Crippen molar-refractivity contribution in [2.24, 2.45) is 0 Å². The molecule has 0 aliphatic heterocycles. The Morgan fingerprint density at radius 2 is 1.26 bits per heavy atom. The zero-order valence-electron chi connectivity index (χ0n) is 25.6. The van der Waals surface area contributed by atoms with Gasteiger partial charge in [0, 0.05) is 35.3 Å². The van der Waals surface area contributed by atoms with Gasteiger partial charge in [0.05, 0.1) is 13.2 Å². The quantitative estimate of drug-likeness (QED) is 0.0772. The molecule has 2 unspecified atom stereocenters. The van der Waals surface area contributed by atoms with Crippen LogP contribution in [-0.4, -0.2) is 43.8 Å². The maximum absolute atomic E-state index is 13.3. The van der Waals surface area contributed by atoms with Gasteiger partial charge in [-0.15, -0.1) is 0 Å². The summed E-state index contributed by atoms with van der Waals surface area (Å²) in [6, 6.07) is 41.3. The number of esters is 1. The third-order valence-electron chi connectivity index (χ3n) is 7.56. The molecule has 5 aromatic carbocycles. The van der Waals surface area contributed by atoms with Crippen molar-refractivity contribution in [3.63, 3.8) is 0 Å². The lowest BCUT2D eigenvalue weighted by molar-refractivity contribution is -0.141. The summed E-state index contributed by atoms with van der Waals surface area (Å²) in [6.45, 7) is 0.804. The van der Waals surface area contributed by atoms with E-state index in [1.165, 1.54) is 7.11 Å². The maximum Gasteiger partial charge on any atom is 0.328 e. The van der Waals surface area contributed by atoms with Gasteiger partial charge in [0.25, 0.3) is 0 Å². The molecule has 7 nitrogen and oxygen atoms in total. The highest BCUT2D eigenvalue weighted by molar-refractivity contribution is 6.12. The molecule has 0 spiro atoms. The van der Waals surface area contributed by atoms with Crippen LogP contribution in [0.5, 0.6) is 5.75 Å². The first-order valence-corrected chi connectivity index (χ1v) is 15.2. The van der Waals surface area contributed by atoms with Crippen molar-refractivity contribution >= 4 is 23.2 Å². The van der Waals surface area contributed by atoms with E-state index < -0.39 is 18.1 Å². The molecule has 46 heavy (non-hydrogen) atoms. The van der Waals surface area contributed by atoms with Crippen LogP contribution in [0.15, 0.2) is 140 Å². The van der Waals surface area contributed by atoms with E-state index in [0.717, 1.165) is 11.1 Å². The first-order valence-electron chi connectivity index (χ1n) is 15.2. The van der Waals surface area contributed by atoms with Gasteiger partial charge in [0.2, 0.25) is 0 Å². The average Bonchev–Trinajstić information content (AvgIpc) is 3.12. The second-order valence-electron chi connectivity index (χ2n) is 10.7. The number of ketones is 2. The predicted molar refractivity (Wildman–Crippen MR) is 179 cm³/mol. The van der Waals surface area contributed by atoms with Crippen LogP contribution in [0.2, 0.25) is 0 Å². The van der Waals surface area contributed by atoms with E-state index >= 15 is 0 Å². The lowest BCUT2D eigenvalue weighted by atomic mass is 9.97. The van der Waals surface area contributed by atoms with E-state index in [1.54, 1.807) is 30.3 Å². The van der Waals surface area contributed by atoms with Gasteiger partial charge in [-0.05, 0) is 35.4 Å². The SMILES string of the molecule is COC(=O)C(Cc1ccc(OCCNC(C(=O)c2ccccc2)c2ccccc2)cc1)Nc1ccccc1C(=O)c1ccccc1. The van der Waals surface area contributed by atoms with Crippen molar-refractivity contribution in [3.05, 3.63) is 167 Å². The molecule has 232 valence electrons. The summed E-state index contributed by atoms with van der Waals surface area (Å²) in [5.74, 6) is 0.0868. The Morgan fingerprint density at radius 3 is 1.91 bits per heavy atom. The standard InChI is InChI=1S/C39H36N2O5/c1-45-39(44)35(41-34-20-12-11-19-33(34)37(42)30-15-7-3-8-16-30)27-28-21-23-32(24-22-28)46-26-25-40-36(29-13-5-2-6-14-29)38(43)31-17-9-4-10-18-31/h2-24,35-36,40-41H,25-27H2,1H3. The highest BCUT2D eigenvalue weighted by atomic mass is 16.5. The Kier molecular flexibility index (Phi) is 11.1. The molecule has 7 heteroatoms. The van der Waals surface area contributed by atoms with Gasteiger partial charge in [-0.1, -0.05) is 115 Å². The Balaban J connectivity index is 1.19. The Hall–Kier alpha value is -5.53. The molecule has 0 bridgehead atoms. The lowest BCUT2D eigenvalue weighted by Gasteiger charge is -2.20. The largest absolute Gasteiger partial charge is 0.492 e. The van der Waals surface area contributed by atoms with Crippen LogP contribution in [0, 0.1) is 0 Å². The van der Waals surface area contributed by atoms with E-state index in [9.17, 15) is 14.4 Å². The van der Waals surface area contributed by atoms with Crippen LogP contribution in [0.1, 0.15) is 43.4 Å². The monoisotopic (exact) mass is 612 g/mol. The zero-order valence-corrected chi connectivity index (χ0v) is 25.6. The molecule has 2 atom stereocenters. The molecular formula is C39H36N2O5. The maximum atomic E-state index is 13.3. The summed E-state index contributed by atoms with van der Waals surface area (Å²) in [6.07, 6.45) is 0.336. The summed E-state index contributed by atoms with van der Waals surface area (Å²) in [5, 5.41) is 6.59. The number of benzene rings is 5. The van der Waals surface area contributed by atoms with Crippen molar-refractivity contribution in [1.82, 2.24) is 5.32 Å². The molecule has 0 saturated heterocycles. The molecule has 0 amide bonds. The number of rotatable bonds is 15. The number of carbonyl (C=O) groups is 3. The second kappa shape index (κ2) is 16.0. The van der Waals surface area contributed by atoms with Crippen LogP contribution in [0.4, 0.5) is 5.69 Å². The third-order valence-corrected chi connectivity index (χ3v) is 7.56. The summed E-state index contributed by atoms with van der Waals surface area (Å²) in [5.41, 5.74) is 4.01. The summed E-state index contributed by atoms with van der Waals surface area (Å²) < 4.78 is 11.1. The molecule has 0 aromatic heterocycles. The van der Waals surface area contributed by atoms with E-state index in [0.29, 0.717) is 47.7 Å². The topological polar surface area (TPSA) is 93.7 Å². The average molecular weight is 613 g/mol. The van der Waals surface area contributed by atoms with Gasteiger partial charge < -0.3 is 20.1 Å². The summed E-state index contributed by atoms with van der Waals surface area (Å²) in [7, 11) is 1.35. The first-order chi connectivity index (χ1) is 22.5. The van der Waals surface area contributed by atoms with Gasteiger partial charge in [-0.3, -0.25) is 9.59 Å². The Labute approximate surface area is 269 Å². The number of Topliss-reactive ketones (excluding diaryl/α,β-unsaturated/α-hetero) is 1. The first kappa shape index (κ1) is 31.9. The minimum absolute atomic E-state index is 0.00280. The van der Waals surface area contributed by atoms with Crippen LogP contribution in [-0.2, 0) is 16.0 Å². The number of hydrogen-bond acceptors (Lipinski definition) is 7. The highest BCUT2D eigenvalue weighted by Crippen LogP contribution is 2.23. The van der Waals surface area contributed by atoms with Crippen LogP contribution in [0.3, 0.4) is 0 Å². The van der Waals surface area contributed by atoms with Crippen LogP contribution in [0.25, 0.3) is 0 Å². The molecule has 0 saturated carbocycles. The fraction of sp³-hybridized carbons (Fsp3) is 0.154. The number of carbonyl (C=O) groups excluding carboxylic acids is 3. The molecule has 0 fully saturated rings. The van der Waals surface area contributed by atoms with Crippen LogP contribution < -0.4 is 15.4 Å². The van der Waals surface area contributed by atoms with Gasteiger partial charge >= 0.3 is 5.97 Å². The summed E-state index contributed by atoms with van der Waals surface area (Å²) >= 11 is 0. The third kappa shape index (κ3) is 8.34. The van der Waals surface area contributed by atoms with Gasteiger partial charge in [0.15, 0.2) is 11.6 Å². The van der Waals surface area contributed by atoms with Crippen molar-refractivity contribution in [1.29, 1.82) is 0 Å². The zero-order chi connectivity index (χ0) is 32.1. The molecule has 0 radical (unpaired) electrons. The second-order valence-corrected chi connectivity index (χ2v) is 10.7. The molecule has 5 rings (SSSR count). The molecule has 0 heterocycles. The predicted octanol–water partition coefficient (Wildman–Crippen LogP) is 6.71. The number of nitrogens with one attached hydrogen (secondary N) is 2. The molecule has 0 aliphatic rings. The fourth-order valence-corrected chi connectivity index (χ4v) is 5.18. The smallest absolute Gasteiger partial charge is 0.328 e. The number of methoxy groups -OCH3 is 1. The fourth-order valence-electron chi connectivity index (χ4n) is 5.18. The molecule has 5 aromatic rings. The number of ether oxygens (including phenoxy) is 2. The van der Waals surface area contributed by atoms with E-state index in [-0.39, 0.29) is 11.6 Å². The van der Waals surface area contributed by atoms with Crippen LogP contribution >= 0.6 is 0 Å². The van der Waals surface area contributed by atoms with Crippen molar-refractivity contribution in [2.45, 2.75) is 18.5 Å².